The van der Waals surface area contributed by atoms with Crippen LogP contribution in [0.2, 0.25) is 0 Å². The van der Waals surface area contributed by atoms with Crippen LogP contribution in [-0.2, 0) is 0 Å². The number of nitrogens with zero attached hydrogens (tertiary/aromatic N) is 6. The highest BCUT2D eigenvalue weighted by Gasteiger charge is 2.26. The van der Waals surface area contributed by atoms with Crippen molar-refractivity contribution >= 4 is 5.95 Å². The summed E-state index contributed by atoms with van der Waals surface area (Å²) < 4.78 is 1.71. The van der Waals surface area contributed by atoms with Gasteiger partial charge in [0.2, 0.25) is 5.95 Å². The second-order valence-electron chi connectivity index (χ2n) is 6.08. The first kappa shape index (κ1) is 14.7. The standard InChI is InChI=1S/C16H19N7O/c1-11-15(18-10-17-11)12-6-8-22(9-7-12)16-19-20-21-23(16)13-2-4-14(24)5-3-13/h2-5,10,12,24H,6-9H2,1H3,(H,17,18). The zero-order valence-corrected chi connectivity index (χ0v) is 13.4. The van der Waals surface area contributed by atoms with E-state index in [2.05, 4.69) is 37.3 Å². The number of piperidine rings is 1. The number of aryl methyl sites for hydroxylation is 1. The third kappa shape index (κ3) is 2.60. The summed E-state index contributed by atoms with van der Waals surface area (Å²) in [6.07, 6.45) is 3.81. The minimum absolute atomic E-state index is 0.226. The molecule has 0 amide bonds. The largest absolute Gasteiger partial charge is 0.508 e. The van der Waals surface area contributed by atoms with Crippen LogP contribution in [0.25, 0.3) is 5.69 Å². The summed E-state index contributed by atoms with van der Waals surface area (Å²) in [7, 11) is 0. The van der Waals surface area contributed by atoms with E-state index >= 15 is 0 Å². The summed E-state index contributed by atoms with van der Waals surface area (Å²) in [5.41, 5.74) is 3.16. The van der Waals surface area contributed by atoms with Gasteiger partial charge >= 0.3 is 0 Å². The second-order valence-corrected chi connectivity index (χ2v) is 6.08. The van der Waals surface area contributed by atoms with Crippen molar-refractivity contribution in [3.05, 3.63) is 42.0 Å². The molecule has 2 aromatic heterocycles. The summed E-state index contributed by atoms with van der Waals surface area (Å²) in [5, 5.41) is 21.5. The molecule has 0 bridgehead atoms. The van der Waals surface area contributed by atoms with Crippen LogP contribution in [0, 0.1) is 6.92 Å². The molecule has 0 unspecified atom stereocenters. The number of benzene rings is 1. The second kappa shape index (κ2) is 5.95. The molecule has 1 aliphatic heterocycles. The van der Waals surface area contributed by atoms with Crippen LogP contribution in [-0.4, -0.2) is 48.4 Å². The molecule has 1 aromatic carbocycles. The van der Waals surface area contributed by atoms with Gasteiger partial charge in [0.1, 0.15) is 5.75 Å². The first-order valence-electron chi connectivity index (χ1n) is 8.05. The Hall–Kier alpha value is -2.90. The van der Waals surface area contributed by atoms with E-state index in [1.165, 1.54) is 5.69 Å². The number of phenols is 1. The van der Waals surface area contributed by atoms with Crippen molar-refractivity contribution in [2.24, 2.45) is 0 Å². The maximum Gasteiger partial charge on any atom is 0.250 e. The first-order valence-corrected chi connectivity index (χ1v) is 8.05. The Morgan fingerprint density at radius 3 is 2.58 bits per heavy atom. The lowest BCUT2D eigenvalue weighted by atomic mass is 9.93. The zero-order chi connectivity index (χ0) is 16.5. The fourth-order valence-electron chi connectivity index (χ4n) is 3.27. The molecule has 124 valence electrons. The van der Waals surface area contributed by atoms with E-state index in [0.29, 0.717) is 5.92 Å². The van der Waals surface area contributed by atoms with Crippen LogP contribution in [0.4, 0.5) is 5.95 Å². The Balaban J connectivity index is 1.52. The maximum atomic E-state index is 9.43. The van der Waals surface area contributed by atoms with E-state index in [9.17, 15) is 5.11 Å². The molecule has 24 heavy (non-hydrogen) atoms. The van der Waals surface area contributed by atoms with Gasteiger partial charge in [0.15, 0.2) is 0 Å². The third-order valence-corrected chi connectivity index (χ3v) is 4.58. The third-order valence-electron chi connectivity index (χ3n) is 4.58. The van der Waals surface area contributed by atoms with Crippen molar-refractivity contribution in [3.8, 4) is 11.4 Å². The van der Waals surface area contributed by atoms with Crippen molar-refractivity contribution in [1.82, 2.24) is 30.2 Å². The van der Waals surface area contributed by atoms with E-state index in [-0.39, 0.29) is 5.75 Å². The van der Waals surface area contributed by atoms with Crippen LogP contribution in [0.3, 0.4) is 0 Å². The predicted octanol–water partition coefficient (Wildman–Crippen LogP) is 1.78. The fraction of sp³-hybridized carbons (Fsp3) is 0.375. The molecular weight excluding hydrogens is 306 g/mol. The lowest BCUT2D eigenvalue weighted by molar-refractivity contribution is 0.475. The molecule has 0 radical (unpaired) electrons. The average molecular weight is 325 g/mol. The number of aromatic hydroxyl groups is 1. The molecule has 3 aromatic rings. The Morgan fingerprint density at radius 2 is 1.92 bits per heavy atom. The smallest absolute Gasteiger partial charge is 0.250 e. The highest BCUT2D eigenvalue weighted by Crippen LogP contribution is 2.30. The number of hydrogen-bond acceptors (Lipinski definition) is 6. The first-order chi connectivity index (χ1) is 11.7. The molecular formula is C16H19N7O. The summed E-state index contributed by atoms with van der Waals surface area (Å²) in [4.78, 5) is 9.82. The number of phenolic OH excluding ortho intramolecular Hbond substituents is 1. The Bertz CT molecular complexity index is 815. The van der Waals surface area contributed by atoms with Gasteiger partial charge in [-0.25, -0.2) is 4.98 Å². The number of tetrazole rings is 1. The van der Waals surface area contributed by atoms with Crippen LogP contribution in [0.1, 0.15) is 30.1 Å². The summed E-state index contributed by atoms with van der Waals surface area (Å²) in [5.74, 6) is 1.44. The minimum Gasteiger partial charge on any atom is -0.508 e. The molecule has 4 rings (SSSR count). The minimum atomic E-state index is 0.226. The summed E-state index contributed by atoms with van der Waals surface area (Å²) >= 11 is 0. The normalized spacial score (nSPS) is 15.8. The summed E-state index contributed by atoms with van der Waals surface area (Å²) in [6, 6.07) is 6.87. The van der Waals surface area contributed by atoms with Crippen molar-refractivity contribution in [2.45, 2.75) is 25.7 Å². The van der Waals surface area contributed by atoms with Gasteiger partial charge in [0, 0.05) is 24.7 Å². The van der Waals surface area contributed by atoms with Crippen molar-refractivity contribution in [1.29, 1.82) is 0 Å². The van der Waals surface area contributed by atoms with E-state index in [4.69, 9.17) is 0 Å². The van der Waals surface area contributed by atoms with Gasteiger partial charge in [-0.15, -0.1) is 0 Å². The molecule has 8 heteroatoms. The molecule has 1 fully saturated rings. The number of nitrogens with one attached hydrogen (secondary N) is 1. The van der Waals surface area contributed by atoms with Crippen LogP contribution in [0.5, 0.6) is 5.75 Å². The Labute approximate surface area is 139 Å². The topological polar surface area (TPSA) is 95.8 Å². The van der Waals surface area contributed by atoms with E-state index in [1.807, 2.05) is 0 Å². The van der Waals surface area contributed by atoms with Crippen LogP contribution in [0.15, 0.2) is 30.6 Å². The van der Waals surface area contributed by atoms with Crippen molar-refractivity contribution in [2.75, 3.05) is 18.0 Å². The fourth-order valence-corrected chi connectivity index (χ4v) is 3.27. The van der Waals surface area contributed by atoms with Gasteiger partial charge in [0.25, 0.3) is 0 Å². The number of imidazole rings is 1. The number of anilines is 1. The monoisotopic (exact) mass is 325 g/mol. The maximum absolute atomic E-state index is 9.43. The molecule has 1 aliphatic rings. The van der Waals surface area contributed by atoms with Gasteiger partial charge in [-0.2, -0.15) is 4.68 Å². The number of aromatic nitrogens is 6. The molecule has 2 N–H and O–H groups in total. The highest BCUT2D eigenvalue weighted by molar-refractivity contribution is 5.43. The molecule has 0 spiro atoms. The van der Waals surface area contributed by atoms with Gasteiger partial charge in [-0.1, -0.05) is 5.10 Å². The van der Waals surface area contributed by atoms with Gasteiger partial charge in [-0.3, -0.25) is 0 Å². The van der Waals surface area contributed by atoms with Gasteiger partial charge in [0.05, 0.1) is 17.7 Å². The molecule has 3 heterocycles. The number of H-pyrrole nitrogens is 1. The number of hydrogen-bond donors (Lipinski definition) is 2. The summed E-state index contributed by atoms with van der Waals surface area (Å²) in [6.45, 7) is 3.84. The van der Waals surface area contributed by atoms with Gasteiger partial charge < -0.3 is 15.0 Å². The molecule has 8 nitrogen and oxygen atoms in total. The van der Waals surface area contributed by atoms with E-state index < -0.39 is 0 Å². The predicted molar refractivity (Wildman–Crippen MR) is 88.3 cm³/mol. The lowest BCUT2D eigenvalue weighted by Crippen LogP contribution is -2.35. The highest BCUT2D eigenvalue weighted by atomic mass is 16.3. The van der Waals surface area contributed by atoms with Crippen LogP contribution < -0.4 is 4.90 Å². The van der Waals surface area contributed by atoms with Crippen LogP contribution >= 0.6 is 0 Å². The zero-order valence-electron chi connectivity index (χ0n) is 13.4. The average Bonchev–Trinajstić information content (AvgIpc) is 3.25. The van der Waals surface area contributed by atoms with E-state index in [1.54, 1.807) is 35.3 Å². The SMILES string of the molecule is Cc1[nH]cnc1C1CCN(c2nnnn2-c2ccc(O)cc2)CC1. The van der Waals surface area contributed by atoms with Crippen molar-refractivity contribution < 1.29 is 5.11 Å². The molecule has 0 aliphatic carbocycles. The van der Waals surface area contributed by atoms with E-state index in [0.717, 1.165) is 43.3 Å². The molecule has 0 saturated carbocycles. The van der Waals surface area contributed by atoms with Gasteiger partial charge in [-0.05, 0) is 54.5 Å². The number of aromatic amines is 1. The van der Waals surface area contributed by atoms with Crippen molar-refractivity contribution in [3.63, 3.8) is 0 Å². The molecule has 0 atom stereocenters. The Morgan fingerprint density at radius 1 is 1.17 bits per heavy atom. The number of rotatable bonds is 3. The Kier molecular flexibility index (Phi) is 3.64. The quantitative estimate of drug-likeness (QED) is 0.762. The molecule has 1 saturated heterocycles. The lowest BCUT2D eigenvalue weighted by Gasteiger charge is -2.31.